The van der Waals surface area contributed by atoms with Gasteiger partial charge in [0.15, 0.2) is 5.96 Å². The topological polar surface area (TPSA) is 58.5 Å². The molecule has 2 N–H and O–H groups in total. The minimum absolute atomic E-state index is 0. The van der Waals surface area contributed by atoms with Crippen LogP contribution in [0.2, 0.25) is 0 Å². The second-order valence-corrected chi connectivity index (χ2v) is 7.59. The van der Waals surface area contributed by atoms with Crippen molar-refractivity contribution in [2.45, 2.75) is 39.5 Å². The fourth-order valence-electron chi connectivity index (χ4n) is 2.97. The molecular weight excluding hydrogens is 475 g/mol. The van der Waals surface area contributed by atoms with Crippen LogP contribution in [-0.4, -0.2) is 23.6 Å². The maximum atomic E-state index is 6.07. The highest BCUT2D eigenvalue weighted by Gasteiger charge is 2.14. The Morgan fingerprint density at radius 3 is 2.31 bits per heavy atom. The van der Waals surface area contributed by atoms with Gasteiger partial charge < -0.3 is 15.4 Å². The summed E-state index contributed by atoms with van der Waals surface area (Å²) in [7, 11) is 1.77. The summed E-state index contributed by atoms with van der Waals surface area (Å²) in [5.74, 6) is 1.62. The van der Waals surface area contributed by atoms with Gasteiger partial charge in [-0.3, -0.25) is 9.98 Å². The zero-order chi connectivity index (χ0) is 20.0. The Hall–Kier alpha value is -2.35. The number of hydrogen-bond donors (Lipinski definition) is 2. The van der Waals surface area contributed by atoms with Crippen LogP contribution in [0.25, 0.3) is 10.9 Å². The van der Waals surface area contributed by atoms with E-state index in [0.717, 1.165) is 33.7 Å². The van der Waals surface area contributed by atoms with Crippen LogP contribution in [0.3, 0.4) is 0 Å². The summed E-state index contributed by atoms with van der Waals surface area (Å²) >= 11 is 0. The molecule has 0 bridgehead atoms. The van der Waals surface area contributed by atoms with Crippen LogP contribution in [0.4, 0.5) is 0 Å². The van der Waals surface area contributed by atoms with E-state index in [-0.39, 0.29) is 29.6 Å². The minimum Gasteiger partial charge on any atom is -0.488 e. The lowest BCUT2D eigenvalue weighted by Crippen LogP contribution is -2.36. The van der Waals surface area contributed by atoms with Crippen molar-refractivity contribution >= 4 is 40.8 Å². The molecule has 3 rings (SSSR count). The molecule has 6 heteroatoms. The Morgan fingerprint density at radius 2 is 1.59 bits per heavy atom. The molecule has 0 unspecified atom stereocenters. The smallest absolute Gasteiger partial charge is 0.191 e. The van der Waals surface area contributed by atoms with Gasteiger partial charge in [-0.05, 0) is 38.5 Å². The van der Waals surface area contributed by atoms with Crippen LogP contribution < -0.4 is 15.4 Å². The molecule has 0 aliphatic rings. The molecule has 0 amide bonds. The summed E-state index contributed by atoms with van der Waals surface area (Å²) in [5, 5.41) is 7.88. The summed E-state index contributed by atoms with van der Waals surface area (Å²) in [6.07, 6.45) is 1.82. The van der Waals surface area contributed by atoms with Gasteiger partial charge in [-0.25, -0.2) is 0 Å². The van der Waals surface area contributed by atoms with Crippen molar-refractivity contribution in [3.8, 4) is 5.75 Å². The quantitative estimate of drug-likeness (QED) is 0.295. The third kappa shape index (κ3) is 6.59. The van der Waals surface area contributed by atoms with Gasteiger partial charge in [0.25, 0.3) is 0 Å². The SMILES string of the molecule is CN=C(NCc1ccccc1OC(C)(C)C)NCc1cccc2cccnc12.I. The molecular formula is C23H29IN4O. The molecule has 0 fully saturated rings. The summed E-state index contributed by atoms with van der Waals surface area (Å²) in [5.41, 5.74) is 3.00. The molecule has 154 valence electrons. The fraction of sp³-hybridized carbons (Fsp3) is 0.304. The van der Waals surface area contributed by atoms with Crippen molar-refractivity contribution in [3.05, 3.63) is 71.9 Å². The summed E-state index contributed by atoms with van der Waals surface area (Å²) in [6.45, 7) is 7.43. The maximum absolute atomic E-state index is 6.07. The largest absolute Gasteiger partial charge is 0.488 e. The zero-order valence-corrected chi connectivity index (χ0v) is 19.7. The van der Waals surface area contributed by atoms with E-state index < -0.39 is 0 Å². The second kappa shape index (κ2) is 10.4. The highest BCUT2D eigenvalue weighted by atomic mass is 127. The first-order chi connectivity index (χ1) is 13.5. The number of rotatable bonds is 5. The van der Waals surface area contributed by atoms with Gasteiger partial charge in [0.1, 0.15) is 11.4 Å². The van der Waals surface area contributed by atoms with E-state index >= 15 is 0 Å². The summed E-state index contributed by atoms with van der Waals surface area (Å²) in [6, 6.07) is 18.3. The van der Waals surface area contributed by atoms with Crippen molar-refractivity contribution in [3.63, 3.8) is 0 Å². The lowest BCUT2D eigenvalue weighted by Gasteiger charge is -2.23. The van der Waals surface area contributed by atoms with Crippen LogP contribution >= 0.6 is 24.0 Å². The molecule has 0 atom stereocenters. The average Bonchev–Trinajstić information content (AvgIpc) is 2.68. The number of pyridine rings is 1. The molecule has 1 aromatic heterocycles. The number of nitrogens with one attached hydrogen (secondary N) is 2. The van der Waals surface area contributed by atoms with Crippen molar-refractivity contribution in [1.29, 1.82) is 0 Å². The predicted octanol–water partition coefficient (Wildman–Crippen LogP) is 4.90. The number of benzene rings is 2. The molecule has 0 saturated carbocycles. The Kier molecular flexibility index (Phi) is 8.25. The van der Waals surface area contributed by atoms with Crippen LogP contribution in [0, 0.1) is 0 Å². The maximum Gasteiger partial charge on any atom is 0.191 e. The van der Waals surface area contributed by atoms with Crippen LogP contribution in [-0.2, 0) is 13.1 Å². The van der Waals surface area contributed by atoms with E-state index in [1.54, 1.807) is 7.05 Å². The van der Waals surface area contributed by atoms with Gasteiger partial charge >= 0.3 is 0 Å². The molecule has 0 aliphatic carbocycles. The van der Waals surface area contributed by atoms with E-state index in [4.69, 9.17) is 4.74 Å². The molecule has 0 spiro atoms. The first-order valence-electron chi connectivity index (χ1n) is 9.50. The Labute approximate surface area is 190 Å². The normalized spacial score (nSPS) is 11.7. The molecule has 3 aromatic rings. The third-order valence-corrected chi connectivity index (χ3v) is 4.22. The number of aliphatic imine (C=N–C) groups is 1. The highest BCUT2D eigenvalue weighted by Crippen LogP contribution is 2.22. The number of ether oxygens (including phenoxy) is 1. The van der Waals surface area contributed by atoms with Crippen LogP contribution in [0.15, 0.2) is 65.8 Å². The number of hydrogen-bond acceptors (Lipinski definition) is 3. The van der Waals surface area contributed by atoms with Gasteiger partial charge in [0, 0.05) is 37.3 Å². The van der Waals surface area contributed by atoms with Crippen LogP contribution in [0.5, 0.6) is 5.75 Å². The number of guanidine groups is 1. The fourth-order valence-corrected chi connectivity index (χ4v) is 2.97. The lowest BCUT2D eigenvalue weighted by molar-refractivity contribution is 0.129. The zero-order valence-electron chi connectivity index (χ0n) is 17.4. The standard InChI is InChI=1S/C23H28N4O.HI/c1-23(2,3)28-20-13-6-5-9-18(20)15-26-22(24-4)27-16-19-11-7-10-17-12-8-14-25-21(17)19;/h5-14H,15-16H2,1-4H3,(H2,24,26,27);1H. The first-order valence-corrected chi connectivity index (χ1v) is 9.50. The third-order valence-electron chi connectivity index (χ3n) is 4.22. The summed E-state index contributed by atoms with van der Waals surface area (Å²) in [4.78, 5) is 8.84. The number of halogens is 1. The van der Waals surface area contributed by atoms with E-state index in [0.29, 0.717) is 13.1 Å². The molecule has 0 radical (unpaired) electrons. The second-order valence-electron chi connectivity index (χ2n) is 7.59. The highest BCUT2D eigenvalue weighted by molar-refractivity contribution is 14.0. The Bertz CT molecular complexity index is 961. The predicted molar refractivity (Wildman–Crippen MR) is 131 cm³/mol. The van der Waals surface area contributed by atoms with Gasteiger partial charge in [-0.15, -0.1) is 24.0 Å². The Morgan fingerprint density at radius 1 is 0.931 bits per heavy atom. The Balaban J connectivity index is 0.00000300. The molecule has 1 heterocycles. The van der Waals surface area contributed by atoms with Gasteiger partial charge in [-0.2, -0.15) is 0 Å². The average molecular weight is 504 g/mol. The van der Waals surface area contributed by atoms with Gasteiger partial charge in [0.05, 0.1) is 5.52 Å². The van der Waals surface area contributed by atoms with Crippen LogP contribution in [0.1, 0.15) is 31.9 Å². The number of nitrogens with zero attached hydrogens (tertiary/aromatic N) is 2. The summed E-state index contributed by atoms with van der Waals surface area (Å²) < 4.78 is 6.07. The molecule has 0 aliphatic heterocycles. The lowest BCUT2D eigenvalue weighted by atomic mass is 10.1. The van der Waals surface area contributed by atoms with E-state index in [2.05, 4.69) is 71.7 Å². The molecule has 0 saturated heterocycles. The van der Waals surface area contributed by atoms with Crippen molar-refractivity contribution in [2.75, 3.05) is 7.05 Å². The number of para-hydroxylation sites is 2. The first kappa shape index (κ1) is 22.9. The molecule has 29 heavy (non-hydrogen) atoms. The van der Waals surface area contributed by atoms with E-state index in [9.17, 15) is 0 Å². The van der Waals surface area contributed by atoms with Gasteiger partial charge in [0.2, 0.25) is 0 Å². The van der Waals surface area contributed by atoms with E-state index in [1.807, 2.05) is 30.5 Å². The van der Waals surface area contributed by atoms with Crippen molar-refractivity contribution in [2.24, 2.45) is 4.99 Å². The number of aromatic nitrogens is 1. The van der Waals surface area contributed by atoms with Gasteiger partial charge in [-0.1, -0.05) is 42.5 Å². The number of fused-ring (bicyclic) bond motifs is 1. The van der Waals surface area contributed by atoms with E-state index in [1.165, 1.54) is 0 Å². The minimum atomic E-state index is -0.239. The molecule has 2 aromatic carbocycles. The monoisotopic (exact) mass is 504 g/mol. The van der Waals surface area contributed by atoms with Crippen molar-refractivity contribution in [1.82, 2.24) is 15.6 Å². The van der Waals surface area contributed by atoms with Crippen molar-refractivity contribution < 1.29 is 4.74 Å². The molecule has 5 nitrogen and oxygen atoms in total.